The fraction of sp³-hybridized carbons (Fsp3) is 0.500. The van der Waals surface area contributed by atoms with Crippen LogP contribution in [0.2, 0.25) is 10.0 Å². The Morgan fingerprint density at radius 1 is 1.35 bits per heavy atom. The number of hydrogen-bond donors (Lipinski definition) is 1. The number of nitrogens with zero attached hydrogens (tertiary/aromatic N) is 3. The molecule has 26 heavy (non-hydrogen) atoms. The van der Waals surface area contributed by atoms with Crippen LogP contribution in [0.5, 0.6) is 0 Å². The molecule has 0 spiro atoms. The van der Waals surface area contributed by atoms with Crippen molar-refractivity contribution in [3.8, 4) is 0 Å². The Bertz CT molecular complexity index is 760. The van der Waals surface area contributed by atoms with Crippen molar-refractivity contribution in [2.75, 3.05) is 6.61 Å². The van der Waals surface area contributed by atoms with E-state index in [9.17, 15) is 9.90 Å². The van der Waals surface area contributed by atoms with E-state index in [1.54, 1.807) is 18.2 Å². The number of hydrogen-bond acceptors (Lipinski definition) is 4. The average molecular weight is 400 g/mol. The summed E-state index contributed by atoms with van der Waals surface area (Å²) >= 11 is 12.6. The Hall–Kier alpha value is -1.63. The van der Waals surface area contributed by atoms with Gasteiger partial charge in [-0.25, -0.2) is 14.5 Å². The molecule has 1 aromatic carbocycles. The first kappa shape index (κ1) is 20.7. The maximum Gasteiger partial charge on any atom is 0.332 e. The lowest BCUT2D eigenvalue weighted by molar-refractivity contribution is -0.183. The van der Waals surface area contributed by atoms with Crippen LogP contribution in [0, 0.1) is 5.41 Å². The van der Waals surface area contributed by atoms with Crippen molar-refractivity contribution in [3.05, 3.63) is 46.5 Å². The van der Waals surface area contributed by atoms with E-state index in [0.29, 0.717) is 28.6 Å². The largest absolute Gasteiger partial charge is 0.480 e. The van der Waals surface area contributed by atoms with Crippen molar-refractivity contribution in [1.82, 2.24) is 14.8 Å². The fourth-order valence-corrected chi connectivity index (χ4v) is 3.76. The second-order valence-electron chi connectivity index (χ2n) is 7.07. The topological polar surface area (TPSA) is 77.2 Å². The molecule has 0 fully saturated rings. The third-order valence-corrected chi connectivity index (χ3v) is 4.85. The van der Waals surface area contributed by atoms with Crippen LogP contribution in [0.25, 0.3) is 0 Å². The number of halogens is 2. The number of aliphatic carboxylic acids is 1. The molecule has 0 aliphatic rings. The molecular weight excluding hydrogens is 377 g/mol. The number of carboxylic acid groups (broad SMARTS) is 1. The number of ether oxygens (including phenoxy) is 1. The smallest absolute Gasteiger partial charge is 0.332 e. The Morgan fingerprint density at radius 3 is 2.50 bits per heavy atom. The molecule has 0 aliphatic heterocycles. The van der Waals surface area contributed by atoms with Crippen LogP contribution in [0.1, 0.15) is 45.7 Å². The van der Waals surface area contributed by atoms with Gasteiger partial charge in [0.2, 0.25) is 0 Å². The Balaban J connectivity index is 2.84. The zero-order chi connectivity index (χ0) is 19.5. The van der Waals surface area contributed by atoms with Crippen molar-refractivity contribution < 1.29 is 14.6 Å². The minimum Gasteiger partial charge on any atom is -0.480 e. The van der Waals surface area contributed by atoms with Gasteiger partial charge in [0.1, 0.15) is 18.3 Å². The zero-order valence-electron chi connectivity index (χ0n) is 15.2. The monoisotopic (exact) mass is 399 g/mol. The quantitative estimate of drug-likeness (QED) is 0.736. The first-order valence-electron chi connectivity index (χ1n) is 8.31. The van der Waals surface area contributed by atoms with Crippen molar-refractivity contribution in [3.63, 3.8) is 0 Å². The standard InChI is InChI=1S/C18H23Cl2N3O3/c1-5-8-26-18(17(2,3)4,13-7-6-12(19)9-14(13)20)15(16(24)25)23-11-21-10-22-23/h6-7,9-11,15H,5,8H2,1-4H3,(H,24,25). The van der Waals surface area contributed by atoms with Gasteiger partial charge in [-0.05, 0) is 24.0 Å². The molecule has 2 atom stereocenters. The predicted molar refractivity (Wildman–Crippen MR) is 101 cm³/mol. The molecule has 0 aliphatic carbocycles. The van der Waals surface area contributed by atoms with E-state index in [4.69, 9.17) is 27.9 Å². The van der Waals surface area contributed by atoms with E-state index < -0.39 is 23.0 Å². The van der Waals surface area contributed by atoms with Crippen molar-refractivity contribution in [2.45, 2.75) is 45.8 Å². The highest BCUT2D eigenvalue weighted by molar-refractivity contribution is 6.35. The summed E-state index contributed by atoms with van der Waals surface area (Å²) in [5.41, 5.74) is -1.40. The van der Waals surface area contributed by atoms with Crippen LogP contribution in [0.4, 0.5) is 0 Å². The average Bonchev–Trinajstić information content (AvgIpc) is 3.04. The van der Waals surface area contributed by atoms with Crippen molar-refractivity contribution >= 4 is 29.2 Å². The van der Waals surface area contributed by atoms with E-state index in [2.05, 4.69) is 10.1 Å². The van der Waals surface area contributed by atoms with Crippen LogP contribution < -0.4 is 0 Å². The van der Waals surface area contributed by atoms with Crippen molar-refractivity contribution in [1.29, 1.82) is 0 Å². The molecule has 2 unspecified atom stereocenters. The third-order valence-electron chi connectivity index (χ3n) is 4.30. The van der Waals surface area contributed by atoms with Gasteiger partial charge in [-0.1, -0.05) is 57.0 Å². The second-order valence-corrected chi connectivity index (χ2v) is 7.92. The van der Waals surface area contributed by atoms with E-state index >= 15 is 0 Å². The molecule has 0 amide bonds. The van der Waals surface area contributed by atoms with Gasteiger partial charge in [0.25, 0.3) is 0 Å². The molecule has 2 rings (SSSR count). The van der Waals surface area contributed by atoms with Crippen molar-refractivity contribution in [2.24, 2.45) is 5.41 Å². The summed E-state index contributed by atoms with van der Waals surface area (Å²) in [5.74, 6) is -1.09. The molecular formula is C18H23Cl2N3O3. The van der Waals surface area contributed by atoms with Gasteiger partial charge in [-0.3, -0.25) is 0 Å². The van der Waals surface area contributed by atoms with E-state index in [-0.39, 0.29) is 0 Å². The van der Waals surface area contributed by atoms with Gasteiger partial charge < -0.3 is 9.84 Å². The highest BCUT2D eigenvalue weighted by Crippen LogP contribution is 2.52. The van der Waals surface area contributed by atoms with Crippen LogP contribution in [-0.4, -0.2) is 32.4 Å². The van der Waals surface area contributed by atoms with Gasteiger partial charge in [0.05, 0.1) is 0 Å². The predicted octanol–water partition coefficient (Wildman–Crippen LogP) is 4.58. The molecule has 0 saturated heterocycles. The molecule has 0 radical (unpaired) electrons. The van der Waals surface area contributed by atoms with Gasteiger partial charge in [-0.15, -0.1) is 0 Å². The maximum atomic E-state index is 12.4. The molecule has 1 aromatic heterocycles. The summed E-state index contributed by atoms with van der Waals surface area (Å²) in [4.78, 5) is 16.3. The number of benzene rings is 1. The number of carbonyl (C=O) groups is 1. The molecule has 2 aromatic rings. The highest BCUT2D eigenvalue weighted by atomic mass is 35.5. The lowest BCUT2D eigenvalue weighted by atomic mass is 9.67. The van der Waals surface area contributed by atoms with Crippen LogP contribution >= 0.6 is 23.2 Å². The van der Waals surface area contributed by atoms with Gasteiger partial charge in [0.15, 0.2) is 6.04 Å². The van der Waals surface area contributed by atoms with E-state index in [1.807, 2.05) is 27.7 Å². The van der Waals surface area contributed by atoms with Gasteiger partial charge >= 0.3 is 5.97 Å². The van der Waals surface area contributed by atoms with Gasteiger partial charge in [-0.2, -0.15) is 5.10 Å². The second kappa shape index (κ2) is 7.94. The molecule has 0 saturated carbocycles. The lowest BCUT2D eigenvalue weighted by Gasteiger charge is -2.48. The summed E-state index contributed by atoms with van der Waals surface area (Å²) in [6.07, 6.45) is 3.39. The number of carboxylic acids is 1. The van der Waals surface area contributed by atoms with Crippen LogP contribution in [0.15, 0.2) is 30.9 Å². The van der Waals surface area contributed by atoms with Crippen LogP contribution in [-0.2, 0) is 15.1 Å². The Morgan fingerprint density at radius 2 is 2.04 bits per heavy atom. The minimum atomic E-state index is -1.30. The summed E-state index contributed by atoms with van der Waals surface area (Å²) < 4.78 is 7.60. The Labute approximate surface area is 163 Å². The molecule has 6 nitrogen and oxygen atoms in total. The first-order chi connectivity index (χ1) is 12.1. The summed E-state index contributed by atoms with van der Waals surface area (Å²) in [5, 5.41) is 15.0. The summed E-state index contributed by atoms with van der Waals surface area (Å²) in [6, 6.07) is 3.82. The van der Waals surface area contributed by atoms with E-state index in [1.165, 1.54) is 17.3 Å². The SMILES string of the molecule is CCCOC(c1ccc(Cl)cc1Cl)(C(C(=O)O)n1cncn1)C(C)(C)C. The number of aromatic nitrogens is 3. The molecule has 1 N–H and O–H groups in total. The highest BCUT2D eigenvalue weighted by Gasteiger charge is 2.56. The normalized spacial score (nSPS) is 15.5. The van der Waals surface area contributed by atoms with Crippen LogP contribution in [0.3, 0.4) is 0 Å². The van der Waals surface area contributed by atoms with Gasteiger partial charge in [0, 0.05) is 22.2 Å². The summed E-state index contributed by atoms with van der Waals surface area (Å²) in [6.45, 7) is 8.07. The minimum absolute atomic E-state index is 0.342. The molecule has 0 bridgehead atoms. The molecule has 8 heteroatoms. The molecule has 1 heterocycles. The maximum absolute atomic E-state index is 12.4. The number of rotatable bonds is 7. The fourth-order valence-electron chi connectivity index (χ4n) is 3.21. The lowest BCUT2D eigenvalue weighted by Crippen LogP contribution is -2.53. The van der Waals surface area contributed by atoms with E-state index in [0.717, 1.165) is 0 Å². The third kappa shape index (κ3) is 3.72. The summed E-state index contributed by atoms with van der Waals surface area (Å²) in [7, 11) is 0. The molecule has 142 valence electrons. The Kier molecular flexibility index (Phi) is 6.32. The zero-order valence-corrected chi connectivity index (χ0v) is 16.8. The first-order valence-corrected chi connectivity index (χ1v) is 9.07.